The van der Waals surface area contributed by atoms with Crippen molar-refractivity contribution in [2.24, 2.45) is 5.14 Å². The van der Waals surface area contributed by atoms with E-state index in [1.165, 1.54) is 11.6 Å². The van der Waals surface area contributed by atoms with Crippen LogP contribution in [0.1, 0.15) is 16.7 Å². The summed E-state index contributed by atoms with van der Waals surface area (Å²) in [6.07, 6.45) is 0.628. The number of rotatable bonds is 7. The van der Waals surface area contributed by atoms with Gasteiger partial charge in [0, 0.05) is 45.0 Å². The van der Waals surface area contributed by atoms with Crippen LogP contribution < -0.4 is 19.5 Å². The Balaban J connectivity index is 1.33. The molecule has 0 bridgehead atoms. The zero-order chi connectivity index (χ0) is 24.5. The monoisotopic (exact) mass is 488 g/mol. The number of fused-ring (bicyclic) bond motifs is 1. The Morgan fingerprint density at radius 1 is 0.971 bits per heavy atom. The van der Waals surface area contributed by atoms with Gasteiger partial charge in [-0.05, 0) is 60.4 Å². The number of carbonyl (C=O) groups is 1. The first-order chi connectivity index (χ1) is 16.2. The van der Waals surface area contributed by atoms with Crippen LogP contribution in [0.5, 0.6) is 11.5 Å². The number of methoxy groups -OCH3 is 2. The number of nitrogens with two attached hydrogens (primary N) is 1. The van der Waals surface area contributed by atoms with Crippen molar-refractivity contribution in [2.45, 2.75) is 24.8 Å². The summed E-state index contributed by atoms with van der Waals surface area (Å²) < 4.78 is 34.0. The average Bonchev–Trinajstić information content (AvgIpc) is 3.24. The SMILES string of the molecule is COc1cc(C)c(CN2CCN(CC(=O)N3CCc4cc(S(N)(=O)=O)ccc43)CC2)cc1OC. The molecule has 2 heterocycles. The zero-order valence-corrected chi connectivity index (χ0v) is 20.7. The molecule has 2 aliphatic rings. The van der Waals surface area contributed by atoms with E-state index in [1.54, 1.807) is 31.3 Å². The molecule has 9 nitrogen and oxygen atoms in total. The minimum Gasteiger partial charge on any atom is -0.493 e. The van der Waals surface area contributed by atoms with Gasteiger partial charge < -0.3 is 14.4 Å². The Kier molecular flexibility index (Phi) is 7.13. The third kappa shape index (κ3) is 5.20. The number of nitrogens with zero attached hydrogens (tertiary/aromatic N) is 3. The van der Waals surface area contributed by atoms with Crippen molar-refractivity contribution in [1.82, 2.24) is 9.80 Å². The predicted molar refractivity (Wildman–Crippen MR) is 130 cm³/mol. The second kappa shape index (κ2) is 9.91. The van der Waals surface area contributed by atoms with E-state index in [2.05, 4.69) is 16.7 Å². The number of hydrogen-bond donors (Lipinski definition) is 1. The van der Waals surface area contributed by atoms with Crippen LogP contribution in [-0.2, 0) is 27.8 Å². The van der Waals surface area contributed by atoms with Crippen molar-refractivity contribution in [2.75, 3.05) is 58.4 Å². The number of sulfonamides is 1. The lowest BCUT2D eigenvalue weighted by Crippen LogP contribution is -2.49. The number of amides is 1. The maximum Gasteiger partial charge on any atom is 0.241 e. The summed E-state index contributed by atoms with van der Waals surface area (Å²) >= 11 is 0. The number of carbonyl (C=O) groups excluding carboxylic acids is 1. The van der Waals surface area contributed by atoms with Gasteiger partial charge in [-0.25, -0.2) is 13.6 Å². The number of piperazine rings is 1. The molecule has 1 amide bonds. The molecule has 4 rings (SSSR count). The standard InChI is InChI=1S/C24H32N4O5S/c1-17-12-22(32-2)23(33-3)14-19(17)15-26-8-10-27(11-9-26)16-24(29)28-7-6-18-13-20(34(25,30)31)4-5-21(18)28/h4-5,12-14H,6-11,15-16H2,1-3H3,(H2,25,30,31). The lowest BCUT2D eigenvalue weighted by molar-refractivity contribution is -0.120. The first kappa shape index (κ1) is 24.5. The van der Waals surface area contributed by atoms with E-state index in [4.69, 9.17) is 14.6 Å². The van der Waals surface area contributed by atoms with E-state index in [0.29, 0.717) is 19.5 Å². The second-order valence-corrected chi connectivity index (χ2v) is 10.4. The van der Waals surface area contributed by atoms with Crippen molar-refractivity contribution >= 4 is 21.6 Å². The molecule has 2 aromatic rings. The lowest BCUT2D eigenvalue weighted by atomic mass is 10.1. The number of hydrogen-bond acceptors (Lipinski definition) is 7. The van der Waals surface area contributed by atoms with Gasteiger partial charge in [-0.3, -0.25) is 14.6 Å². The van der Waals surface area contributed by atoms with Crippen LogP contribution in [0, 0.1) is 6.92 Å². The maximum absolute atomic E-state index is 13.0. The number of primary sulfonamides is 1. The maximum atomic E-state index is 13.0. The molecule has 2 N–H and O–H groups in total. The van der Waals surface area contributed by atoms with Gasteiger partial charge in [0.25, 0.3) is 0 Å². The fourth-order valence-electron chi connectivity index (χ4n) is 4.63. The van der Waals surface area contributed by atoms with Crippen molar-refractivity contribution in [3.05, 3.63) is 47.0 Å². The minimum atomic E-state index is -3.75. The summed E-state index contributed by atoms with van der Waals surface area (Å²) in [7, 11) is -0.470. The van der Waals surface area contributed by atoms with Crippen molar-refractivity contribution in [1.29, 1.82) is 0 Å². The second-order valence-electron chi connectivity index (χ2n) is 8.82. The van der Waals surface area contributed by atoms with Crippen LogP contribution in [0.25, 0.3) is 0 Å². The number of benzene rings is 2. The fraction of sp³-hybridized carbons (Fsp3) is 0.458. The summed E-state index contributed by atoms with van der Waals surface area (Å²) in [5, 5.41) is 5.23. The fourth-order valence-corrected chi connectivity index (χ4v) is 5.19. The molecule has 184 valence electrons. The van der Waals surface area contributed by atoms with Crippen LogP contribution in [0.2, 0.25) is 0 Å². The highest BCUT2D eigenvalue weighted by atomic mass is 32.2. The summed E-state index contributed by atoms with van der Waals surface area (Å²) in [5.74, 6) is 1.50. The quantitative estimate of drug-likeness (QED) is 0.627. The van der Waals surface area contributed by atoms with Crippen molar-refractivity contribution in [3.8, 4) is 11.5 Å². The van der Waals surface area contributed by atoms with E-state index >= 15 is 0 Å². The summed E-state index contributed by atoms with van der Waals surface area (Å²) in [6, 6.07) is 8.77. The molecule has 2 aromatic carbocycles. The van der Waals surface area contributed by atoms with Gasteiger partial charge in [-0.2, -0.15) is 0 Å². The normalized spacial score (nSPS) is 17.0. The lowest BCUT2D eigenvalue weighted by Gasteiger charge is -2.35. The largest absolute Gasteiger partial charge is 0.493 e. The highest BCUT2D eigenvalue weighted by Gasteiger charge is 2.28. The molecule has 0 spiro atoms. The van der Waals surface area contributed by atoms with E-state index in [0.717, 1.165) is 61.0 Å². The third-order valence-corrected chi connectivity index (χ3v) is 7.55. The first-order valence-corrected chi connectivity index (χ1v) is 12.9. The molecular weight excluding hydrogens is 456 g/mol. The topological polar surface area (TPSA) is 105 Å². The molecule has 0 atom stereocenters. The average molecular weight is 489 g/mol. The molecule has 1 saturated heterocycles. The van der Waals surface area contributed by atoms with Crippen LogP contribution in [0.4, 0.5) is 5.69 Å². The van der Waals surface area contributed by atoms with Gasteiger partial charge in [0.2, 0.25) is 15.9 Å². The van der Waals surface area contributed by atoms with Gasteiger partial charge in [-0.1, -0.05) is 0 Å². The van der Waals surface area contributed by atoms with Crippen LogP contribution >= 0.6 is 0 Å². The molecule has 0 radical (unpaired) electrons. The Morgan fingerprint density at radius 3 is 2.26 bits per heavy atom. The zero-order valence-electron chi connectivity index (χ0n) is 19.9. The molecule has 1 fully saturated rings. The van der Waals surface area contributed by atoms with E-state index in [1.807, 2.05) is 12.1 Å². The van der Waals surface area contributed by atoms with E-state index in [-0.39, 0.29) is 10.8 Å². The third-order valence-electron chi connectivity index (χ3n) is 6.64. The van der Waals surface area contributed by atoms with E-state index in [9.17, 15) is 13.2 Å². The molecule has 34 heavy (non-hydrogen) atoms. The molecular formula is C24H32N4O5S. The van der Waals surface area contributed by atoms with Crippen LogP contribution in [0.15, 0.2) is 35.2 Å². The molecule has 0 unspecified atom stereocenters. The smallest absolute Gasteiger partial charge is 0.241 e. The number of ether oxygens (including phenoxy) is 2. The molecule has 10 heteroatoms. The molecule has 0 aliphatic carbocycles. The first-order valence-electron chi connectivity index (χ1n) is 11.3. The molecule has 0 aromatic heterocycles. The summed E-state index contributed by atoms with van der Waals surface area (Å²) in [6.45, 7) is 7.16. The number of aryl methyl sites for hydroxylation is 1. The highest BCUT2D eigenvalue weighted by Crippen LogP contribution is 2.32. The Morgan fingerprint density at radius 2 is 1.62 bits per heavy atom. The highest BCUT2D eigenvalue weighted by molar-refractivity contribution is 7.89. The van der Waals surface area contributed by atoms with Gasteiger partial charge >= 0.3 is 0 Å². The Labute approximate surface area is 201 Å². The predicted octanol–water partition coefficient (Wildman–Crippen LogP) is 1.37. The van der Waals surface area contributed by atoms with Crippen LogP contribution in [-0.4, -0.2) is 77.6 Å². The van der Waals surface area contributed by atoms with Gasteiger partial charge in [-0.15, -0.1) is 0 Å². The van der Waals surface area contributed by atoms with Gasteiger partial charge in [0.15, 0.2) is 11.5 Å². The number of anilines is 1. The molecule has 0 saturated carbocycles. The van der Waals surface area contributed by atoms with Crippen LogP contribution in [0.3, 0.4) is 0 Å². The minimum absolute atomic E-state index is 0.0336. The van der Waals surface area contributed by atoms with Gasteiger partial charge in [0.05, 0.1) is 25.7 Å². The van der Waals surface area contributed by atoms with Gasteiger partial charge in [0.1, 0.15) is 0 Å². The van der Waals surface area contributed by atoms with E-state index < -0.39 is 10.0 Å². The van der Waals surface area contributed by atoms with Crippen molar-refractivity contribution in [3.63, 3.8) is 0 Å². The Bertz CT molecular complexity index is 1180. The Hall–Kier alpha value is -2.66. The summed E-state index contributed by atoms with van der Waals surface area (Å²) in [5.41, 5.74) is 3.98. The molecule has 2 aliphatic heterocycles. The van der Waals surface area contributed by atoms with Crippen molar-refractivity contribution < 1.29 is 22.7 Å². The summed E-state index contributed by atoms with van der Waals surface area (Å²) in [4.78, 5) is 19.4.